The molecule has 0 saturated carbocycles. The first-order valence-electron chi connectivity index (χ1n) is 6.10. The fourth-order valence-corrected chi connectivity index (χ4v) is 1.75. The summed E-state index contributed by atoms with van der Waals surface area (Å²) in [4.78, 5) is 13.9. The lowest BCUT2D eigenvalue weighted by atomic mass is 10.2. The molecule has 0 fully saturated rings. The van der Waals surface area contributed by atoms with E-state index in [2.05, 4.69) is 0 Å². The Bertz CT molecular complexity index is 208. The molecule has 96 valence electrons. The zero-order chi connectivity index (χ0) is 12.9. The van der Waals surface area contributed by atoms with Crippen molar-refractivity contribution >= 4 is 5.91 Å². The van der Waals surface area contributed by atoms with Crippen molar-refractivity contribution in [3.8, 4) is 0 Å². The number of carbonyl (C=O) groups excluding carboxylic acids is 1. The van der Waals surface area contributed by atoms with Gasteiger partial charge >= 0.3 is 0 Å². The highest BCUT2D eigenvalue weighted by atomic mass is 16.5. The number of rotatable bonds is 5. The van der Waals surface area contributed by atoms with Crippen molar-refractivity contribution in [2.45, 2.75) is 72.6 Å². The van der Waals surface area contributed by atoms with Gasteiger partial charge in [0.25, 0.3) is 0 Å². The molecule has 0 rings (SSSR count). The van der Waals surface area contributed by atoms with E-state index in [1.54, 1.807) is 0 Å². The Morgan fingerprint density at radius 1 is 1.12 bits per heavy atom. The third-order valence-corrected chi connectivity index (χ3v) is 2.25. The van der Waals surface area contributed by atoms with Crippen LogP contribution in [0.1, 0.15) is 54.9 Å². The highest BCUT2D eigenvalue weighted by Gasteiger charge is 2.20. The van der Waals surface area contributed by atoms with Crippen LogP contribution in [0.3, 0.4) is 0 Å². The molecule has 16 heavy (non-hydrogen) atoms. The third-order valence-electron chi connectivity index (χ3n) is 2.25. The summed E-state index contributed by atoms with van der Waals surface area (Å²) in [6.07, 6.45) is 0.466. The topological polar surface area (TPSA) is 29.5 Å². The first-order valence-corrected chi connectivity index (χ1v) is 6.10. The van der Waals surface area contributed by atoms with Crippen LogP contribution in [0.4, 0.5) is 0 Å². The monoisotopic (exact) mass is 229 g/mol. The van der Waals surface area contributed by atoms with Gasteiger partial charge in [0.15, 0.2) is 0 Å². The van der Waals surface area contributed by atoms with Crippen molar-refractivity contribution in [2.75, 3.05) is 6.61 Å². The normalized spacial score (nSPS) is 12.3. The molecule has 3 heteroatoms. The highest BCUT2D eigenvalue weighted by Crippen LogP contribution is 2.10. The van der Waals surface area contributed by atoms with Crippen LogP contribution in [0.25, 0.3) is 0 Å². The van der Waals surface area contributed by atoms with Crippen molar-refractivity contribution in [1.29, 1.82) is 0 Å². The van der Waals surface area contributed by atoms with Gasteiger partial charge in [-0.3, -0.25) is 4.79 Å². The Morgan fingerprint density at radius 2 is 1.56 bits per heavy atom. The summed E-state index contributed by atoms with van der Waals surface area (Å²) in [6, 6.07) is 0.504. The maximum Gasteiger partial charge on any atom is 0.225 e. The molecule has 0 aliphatic carbocycles. The molecule has 0 aliphatic rings. The molecule has 0 aromatic rings. The number of amides is 1. The van der Waals surface area contributed by atoms with Crippen LogP contribution in [0.5, 0.6) is 0 Å². The average molecular weight is 229 g/mol. The molecule has 0 radical (unpaired) electrons. The maximum atomic E-state index is 12.0. The van der Waals surface area contributed by atoms with E-state index in [1.165, 1.54) is 0 Å². The molecule has 0 N–H and O–H groups in total. The van der Waals surface area contributed by atoms with Crippen LogP contribution in [0, 0.1) is 0 Å². The quantitative estimate of drug-likeness (QED) is 0.725. The molecule has 0 saturated heterocycles. The summed E-state index contributed by atoms with van der Waals surface area (Å²) in [5, 5.41) is 0. The number of ether oxygens (including phenoxy) is 1. The minimum absolute atomic E-state index is 0.166. The number of carbonyl (C=O) groups is 1. The van der Waals surface area contributed by atoms with E-state index in [-0.39, 0.29) is 23.6 Å². The summed E-state index contributed by atoms with van der Waals surface area (Å²) in [5.41, 5.74) is -0.166. The Labute approximate surface area is 100 Å². The van der Waals surface area contributed by atoms with Gasteiger partial charge in [0.05, 0.1) is 18.6 Å². The van der Waals surface area contributed by atoms with Crippen LogP contribution in [-0.4, -0.2) is 35.1 Å². The Hall–Kier alpha value is -0.570. The minimum atomic E-state index is -0.166. The van der Waals surface area contributed by atoms with Crippen LogP contribution in [0.15, 0.2) is 0 Å². The highest BCUT2D eigenvalue weighted by molar-refractivity contribution is 5.76. The van der Waals surface area contributed by atoms with Gasteiger partial charge in [0.1, 0.15) is 0 Å². The Balaban J connectivity index is 4.13. The summed E-state index contributed by atoms with van der Waals surface area (Å²) >= 11 is 0. The predicted molar refractivity (Wildman–Crippen MR) is 67.4 cm³/mol. The van der Waals surface area contributed by atoms with E-state index < -0.39 is 0 Å². The van der Waals surface area contributed by atoms with E-state index in [1.807, 2.05) is 53.4 Å². The van der Waals surface area contributed by atoms with Crippen LogP contribution in [-0.2, 0) is 9.53 Å². The summed E-state index contributed by atoms with van der Waals surface area (Å²) < 4.78 is 5.56. The van der Waals surface area contributed by atoms with Gasteiger partial charge < -0.3 is 9.64 Å². The summed E-state index contributed by atoms with van der Waals surface area (Å²) in [5.74, 6) is 0.175. The van der Waals surface area contributed by atoms with Crippen molar-refractivity contribution in [3.63, 3.8) is 0 Å². The van der Waals surface area contributed by atoms with Crippen molar-refractivity contribution in [2.24, 2.45) is 0 Å². The van der Waals surface area contributed by atoms with E-state index in [4.69, 9.17) is 4.74 Å². The second kappa shape index (κ2) is 6.24. The minimum Gasteiger partial charge on any atom is -0.375 e. The van der Waals surface area contributed by atoms with E-state index in [9.17, 15) is 4.79 Å². The lowest BCUT2D eigenvalue weighted by Gasteiger charge is -2.31. The fraction of sp³-hybridized carbons (Fsp3) is 0.923. The molecule has 3 nitrogen and oxygen atoms in total. The molecule has 0 aliphatic heterocycles. The number of hydrogen-bond donors (Lipinski definition) is 0. The molecule has 0 spiro atoms. The molecule has 0 aromatic heterocycles. The third kappa shape index (κ3) is 6.11. The van der Waals surface area contributed by atoms with Gasteiger partial charge in [-0.1, -0.05) is 0 Å². The molecule has 0 heterocycles. The van der Waals surface area contributed by atoms with Crippen molar-refractivity contribution < 1.29 is 9.53 Å². The first-order chi connectivity index (χ1) is 7.15. The standard InChI is InChI=1S/C13H27NO2/c1-10(2)14(11(3)4)12(15)8-9-16-13(5,6)7/h10-11H,8-9H2,1-7H3. The molecule has 0 bridgehead atoms. The predicted octanol–water partition coefficient (Wildman–Crippen LogP) is 2.84. The zero-order valence-corrected chi connectivity index (χ0v) is 11.8. The van der Waals surface area contributed by atoms with Gasteiger partial charge in [-0.25, -0.2) is 0 Å². The molecule has 0 aromatic carbocycles. The van der Waals surface area contributed by atoms with Gasteiger partial charge in [0, 0.05) is 12.1 Å². The van der Waals surface area contributed by atoms with Crippen LogP contribution >= 0.6 is 0 Å². The van der Waals surface area contributed by atoms with Crippen molar-refractivity contribution in [3.05, 3.63) is 0 Å². The van der Waals surface area contributed by atoms with E-state index in [0.717, 1.165) is 0 Å². The first kappa shape index (κ1) is 15.4. The lowest BCUT2D eigenvalue weighted by Crippen LogP contribution is -2.42. The molecular weight excluding hydrogens is 202 g/mol. The van der Waals surface area contributed by atoms with E-state index >= 15 is 0 Å². The zero-order valence-electron chi connectivity index (χ0n) is 11.8. The summed E-state index contributed by atoms with van der Waals surface area (Å²) in [6.45, 7) is 14.7. The average Bonchev–Trinajstić information content (AvgIpc) is 1.99. The van der Waals surface area contributed by atoms with E-state index in [0.29, 0.717) is 13.0 Å². The van der Waals surface area contributed by atoms with Crippen LogP contribution in [0.2, 0.25) is 0 Å². The van der Waals surface area contributed by atoms with Gasteiger partial charge in [-0.05, 0) is 48.5 Å². The Morgan fingerprint density at radius 3 is 1.88 bits per heavy atom. The smallest absolute Gasteiger partial charge is 0.225 e. The van der Waals surface area contributed by atoms with Crippen molar-refractivity contribution in [1.82, 2.24) is 4.90 Å². The molecule has 0 atom stereocenters. The van der Waals surface area contributed by atoms with Gasteiger partial charge in [0.2, 0.25) is 5.91 Å². The number of hydrogen-bond acceptors (Lipinski definition) is 2. The lowest BCUT2D eigenvalue weighted by molar-refractivity contribution is -0.137. The fourth-order valence-electron chi connectivity index (χ4n) is 1.75. The second-order valence-electron chi connectivity index (χ2n) is 5.70. The summed E-state index contributed by atoms with van der Waals surface area (Å²) in [7, 11) is 0. The molecule has 0 unspecified atom stereocenters. The largest absolute Gasteiger partial charge is 0.375 e. The SMILES string of the molecule is CC(C)N(C(=O)CCOC(C)(C)C)C(C)C. The van der Waals surface area contributed by atoms with Gasteiger partial charge in [-0.2, -0.15) is 0 Å². The van der Waals surface area contributed by atoms with Gasteiger partial charge in [-0.15, -0.1) is 0 Å². The molecular formula is C13H27NO2. The Kier molecular flexibility index (Phi) is 6.01. The van der Waals surface area contributed by atoms with Crippen LogP contribution < -0.4 is 0 Å². The maximum absolute atomic E-state index is 12.0. The second-order valence-corrected chi connectivity index (χ2v) is 5.70. The number of nitrogens with zero attached hydrogens (tertiary/aromatic N) is 1. The molecule has 1 amide bonds.